The molecular formula is C30H36N4O4S. The lowest BCUT2D eigenvalue weighted by Gasteiger charge is -2.30. The maximum absolute atomic E-state index is 12.9. The fraction of sp³-hybridized carbons (Fsp3) is 0.433. The van der Waals surface area contributed by atoms with Crippen molar-refractivity contribution in [2.45, 2.75) is 51.0 Å². The van der Waals surface area contributed by atoms with Crippen LogP contribution >= 0.6 is 0 Å². The highest BCUT2D eigenvalue weighted by Crippen LogP contribution is 2.28. The van der Waals surface area contributed by atoms with E-state index in [2.05, 4.69) is 20.2 Å². The van der Waals surface area contributed by atoms with Crippen molar-refractivity contribution in [3.8, 4) is 17.1 Å². The molecule has 39 heavy (non-hydrogen) atoms. The fourth-order valence-electron chi connectivity index (χ4n) is 5.68. The second-order valence-electron chi connectivity index (χ2n) is 10.7. The molecule has 2 aliphatic rings. The van der Waals surface area contributed by atoms with Crippen LogP contribution in [0.25, 0.3) is 11.4 Å². The van der Waals surface area contributed by atoms with Gasteiger partial charge in [0.05, 0.1) is 6.26 Å². The molecule has 1 aromatic heterocycles. The smallest absolute Gasteiger partial charge is 0.306 e. The zero-order valence-electron chi connectivity index (χ0n) is 22.4. The lowest BCUT2D eigenvalue weighted by atomic mass is 9.84. The van der Waals surface area contributed by atoms with Crippen LogP contribution in [0.5, 0.6) is 5.75 Å². The van der Waals surface area contributed by atoms with Crippen molar-refractivity contribution in [3.63, 3.8) is 0 Å². The number of amides is 1. The van der Waals surface area contributed by atoms with Crippen LogP contribution in [0.1, 0.15) is 53.6 Å². The third-order valence-electron chi connectivity index (χ3n) is 7.80. The summed E-state index contributed by atoms with van der Waals surface area (Å²) in [6.07, 6.45) is 11.8. The van der Waals surface area contributed by atoms with Crippen molar-refractivity contribution in [1.29, 1.82) is 0 Å². The Morgan fingerprint density at radius 1 is 0.974 bits per heavy atom. The molecule has 2 aromatic carbocycles. The number of carbonyl (C=O) groups excluding carboxylic acids is 1. The van der Waals surface area contributed by atoms with Gasteiger partial charge in [0.2, 0.25) is 0 Å². The molecule has 0 bridgehead atoms. The van der Waals surface area contributed by atoms with Crippen molar-refractivity contribution >= 4 is 16.0 Å². The fourth-order valence-corrected chi connectivity index (χ4v) is 6.13. The highest BCUT2D eigenvalue weighted by atomic mass is 32.2. The zero-order valence-corrected chi connectivity index (χ0v) is 23.2. The number of nitrogens with one attached hydrogen (secondary N) is 1. The largest absolute Gasteiger partial charge is 0.383 e. The molecule has 1 aliphatic heterocycles. The summed E-state index contributed by atoms with van der Waals surface area (Å²) in [6.45, 7) is 3.04. The van der Waals surface area contributed by atoms with Crippen molar-refractivity contribution in [3.05, 3.63) is 77.6 Å². The molecule has 1 amide bonds. The lowest BCUT2D eigenvalue weighted by molar-refractivity contribution is 0.0920. The van der Waals surface area contributed by atoms with Gasteiger partial charge < -0.3 is 14.4 Å². The SMILES string of the molecule is CS(=O)(=O)Oc1ccc2c(c1)CCN(CCC1CCC(NC(=O)c3cccc(-c4ncccn4)c3)CC1)CC2. The van der Waals surface area contributed by atoms with E-state index in [9.17, 15) is 13.2 Å². The van der Waals surface area contributed by atoms with Gasteiger partial charge in [-0.1, -0.05) is 18.2 Å². The summed E-state index contributed by atoms with van der Waals surface area (Å²) in [5.41, 5.74) is 3.93. The Bertz CT molecular complexity index is 1390. The minimum absolute atomic E-state index is 0.0366. The van der Waals surface area contributed by atoms with Gasteiger partial charge in [-0.2, -0.15) is 8.42 Å². The standard InChI is InChI=1S/C30H36N4O4S/c1-39(36,37)38-28-11-8-23-13-18-34(19-14-24(23)21-28)17-12-22-6-9-27(10-7-22)33-30(35)26-5-2-4-25(20-26)29-31-15-3-16-32-29/h2-5,8,11,15-16,20-22,27H,6-7,9-10,12-14,17-19H2,1H3,(H,33,35). The number of hydrogen-bond acceptors (Lipinski definition) is 7. The molecule has 0 atom stereocenters. The molecule has 9 heteroatoms. The predicted octanol–water partition coefficient (Wildman–Crippen LogP) is 4.26. The number of aromatic nitrogens is 2. The van der Waals surface area contributed by atoms with Crippen molar-refractivity contribution in [2.75, 3.05) is 25.9 Å². The number of hydrogen-bond donors (Lipinski definition) is 1. The molecule has 5 rings (SSSR count). The molecular weight excluding hydrogens is 512 g/mol. The van der Waals surface area contributed by atoms with Crippen LogP contribution < -0.4 is 9.50 Å². The molecule has 1 saturated carbocycles. The molecule has 8 nitrogen and oxygen atoms in total. The van der Waals surface area contributed by atoms with E-state index in [-0.39, 0.29) is 11.9 Å². The van der Waals surface area contributed by atoms with Gasteiger partial charge in [0, 0.05) is 42.7 Å². The molecule has 0 spiro atoms. The molecule has 0 unspecified atom stereocenters. The predicted molar refractivity (Wildman–Crippen MR) is 151 cm³/mol. The molecule has 1 N–H and O–H groups in total. The Kier molecular flexibility index (Phi) is 8.57. The molecule has 0 saturated heterocycles. The van der Waals surface area contributed by atoms with Crippen LogP contribution in [0, 0.1) is 5.92 Å². The van der Waals surface area contributed by atoms with Crippen LogP contribution in [0.2, 0.25) is 0 Å². The lowest BCUT2D eigenvalue weighted by Crippen LogP contribution is -2.38. The van der Waals surface area contributed by atoms with Crippen molar-refractivity contribution < 1.29 is 17.4 Å². The maximum Gasteiger partial charge on any atom is 0.306 e. The number of rotatable bonds is 8. The van der Waals surface area contributed by atoms with E-state index in [4.69, 9.17) is 4.18 Å². The maximum atomic E-state index is 12.9. The van der Waals surface area contributed by atoms with Crippen LogP contribution in [-0.2, 0) is 23.0 Å². The molecule has 206 valence electrons. The van der Waals surface area contributed by atoms with E-state index in [0.29, 0.717) is 23.1 Å². The van der Waals surface area contributed by atoms with Crippen LogP contribution in [0.4, 0.5) is 0 Å². The van der Waals surface area contributed by atoms with Gasteiger partial charge in [0.15, 0.2) is 5.82 Å². The van der Waals surface area contributed by atoms with Gasteiger partial charge in [0.25, 0.3) is 5.91 Å². The second kappa shape index (κ2) is 12.3. The highest BCUT2D eigenvalue weighted by molar-refractivity contribution is 7.86. The highest BCUT2D eigenvalue weighted by Gasteiger charge is 2.24. The molecule has 2 heterocycles. The van der Waals surface area contributed by atoms with Gasteiger partial charge in [-0.25, -0.2) is 9.97 Å². The van der Waals surface area contributed by atoms with E-state index in [0.717, 1.165) is 70.0 Å². The van der Waals surface area contributed by atoms with Gasteiger partial charge in [-0.05, 0) is 98.9 Å². The van der Waals surface area contributed by atoms with E-state index in [1.54, 1.807) is 24.5 Å². The third kappa shape index (κ3) is 7.64. The Morgan fingerprint density at radius 3 is 2.46 bits per heavy atom. The van der Waals surface area contributed by atoms with E-state index in [1.807, 2.05) is 36.4 Å². The van der Waals surface area contributed by atoms with Crippen LogP contribution in [-0.4, -0.2) is 61.1 Å². The molecule has 1 aliphatic carbocycles. The minimum Gasteiger partial charge on any atom is -0.383 e. The summed E-state index contributed by atoms with van der Waals surface area (Å²) >= 11 is 0. The zero-order chi connectivity index (χ0) is 27.2. The quantitative estimate of drug-likeness (QED) is 0.420. The average Bonchev–Trinajstić information content (AvgIpc) is 3.14. The van der Waals surface area contributed by atoms with Crippen LogP contribution in [0.3, 0.4) is 0 Å². The normalized spacial score (nSPS) is 20.0. The van der Waals surface area contributed by atoms with Crippen molar-refractivity contribution in [2.24, 2.45) is 5.92 Å². The second-order valence-corrected chi connectivity index (χ2v) is 12.3. The number of fused-ring (bicyclic) bond motifs is 1. The summed E-state index contributed by atoms with van der Waals surface area (Å²) in [6, 6.07) is 15.1. The number of carbonyl (C=O) groups is 1. The molecule has 1 fully saturated rings. The number of nitrogens with zero attached hydrogens (tertiary/aromatic N) is 3. The minimum atomic E-state index is -3.52. The topological polar surface area (TPSA) is 101 Å². The monoisotopic (exact) mass is 548 g/mol. The Labute approximate surface area is 231 Å². The van der Waals surface area contributed by atoms with Gasteiger partial charge >= 0.3 is 10.1 Å². The summed E-state index contributed by atoms with van der Waals surface area (Å²) in [5.74, 6) is 1.65. The van der Waals surface area contributed by atoms with E-state index in [1.165, 1.54) is 17.5 Å². The first kappa shape index (κ1) is 27.3. The first-order valence-electron chi connectivity index (χ1n) is 13.7. The third-order valence-corrected chi connectivity index (χ3v) is 8.30. The summed E-state index contributed by atoms with van der Waals surface area (Å²) < 4.78 is 28.0. The summed E-state index contributed by atoms with van der Waals surface area (Å²) in [4.78, 5) is 24.0. The van der Waals surface area contributed by atoms with E-state index < -0.39 is 10.1 Å². The first-order valence-corrected chi connectivity index (χ1v) is 15.6. The summed E-state index contributed by atoms with van der Waals surface area (Å²) in [7, 11) is -3.52. The van der Waals surface area contributed by atoms with Gasteiger partial charge in [-0.3, -0.25) is 4.79 Å². The number of benzene rings is 2. The molecule has 3 aromatic rings. The van der Waals surface area contributed by atoms with Gasteiger partial charge in [-0.15, -0.1) is 0 Å². The Balaban J connectivity index is 1.06. The molecule has 0 radical (unpaired) electrons. The van der Waals surface area contributed by atoms with E-state index >= 15 is 0 Å². The Morgan fingerprint density at radius 2 is 1.72 bits per heavy atom. The van der Waals surface area contributed by atoms with Crippen LogP contribution in [0.15, 0.2) is 60.9 Å². The summed E-state index contributed by atoms with van der Waals surface area (Å²) in [5, 5.41) is 3.24. The average molecular weight is 549 g/mol. The van der Waals surface area contributed by atoms with Crippen molar-refractivity contribution in [1.82, 2.24) is 20.2 Å². The van der Waals surface area contributed by atoms with Gasteiger partial charge in [0.1, 0.15) is 5.75 Å². The first-order chi connectivity index (χ1) is 18.8. The Hall–Kier alpha value is -3.30.